The van der Waals surface area contributed by atoms with Crippen molar-refractivity contribution in [3.05, 3.63) is 35.4 Å². The number of nitrogens with one attached hydrogen (secondary N) is 2. The van der Waals surface area contributed by atoms with Crippen LogP contribution in [0.4, 0.5) is 13.2 Å². The van der Waals surface area contributed by atoms with Gasteiger partial charge < -0.3 is 15.4 Å². The monoisotopic (exact) mass is 526 g/mol. The van der Waals surface area contributed by atoms with Crippen molar-refractivity contribution in [1.29, 1.82) is 0 Å². The summed E-state index contributed by atoms with van der Waals surface area (Å²) in [5.74, 6) is 0.600. The number of benzene rings is 1. The second kappa shape index (κ2) is 10.8. The number of rotatable bonds is 5. The van der Waals surface area contributed by atoms with Crippen LogP contribution < -0.4 is 10.6 Å². The molecule has 3 rings (SSSR count). The van der Waals surface area contributed by atoms with Gasteiger partial charge in [-0.15, -0.1) is 24.0 Å². The second-order valence-electron chi connectivity index (χ2n) is 7.51. The third kappa shape index (κ3) is 6.45. The van der Waals surface area contributed by atoms with E-state index in [4.69, 9.17) is 4.74 Å². The van der Waals surface area contributed by atoms with E-state index < -0.39 is 11.7 Å². The van der Waals surface area contributed by atoms with Crippen LogP contribution >= 0.6 is 24.0 Å². The van der Waals surface area contributed by atoms with Gasteiger partial charge in [0.2, 0.25) is 0 Å². The molecule has 1 aromatic rings. The van der Waals surface area contributed by atoms with Crippen molar-refractivity contribution in [1.82, 2.24) is 15.5 Å². The summed E-state index contributed by atoms with van der Waals surface area (Å²) in [5, 5.41) is 6.52. The van der Waals surface area contributed by atoms with Gasteiger partial charge >= 0.3 is 6.18 Å². The lowest BCUT2D eigenvalue weighted by molar-refractivity contribution is -0.137. The van der Waals surface area contributed by atoms with Crippen molar-refractivity contribution in [3.8, 4) is 0 Å². The molecule has 1 aromatic carbocycles. The third-order valence-electron chi connectivity index (χ3n) is 5.72. The predicted octanol–water partition coefficient (Wildman–Crippen LogP) is 3.63. The Hall–Kier alpha value is -1.07. The zero-order chi connectivity index (χ0) is 20.0. The summed E-state index contributed by atoms with van der Waals surface area (Å²) in [6.45, 7) is 4.76. The Bertz CT molecular complexity index is 672. The Morgan fingerprint density at radius 1 is 1.17 bits per heavy atom. The Labute approximate surface area is 187 Å². The summed E-state index contributed by atoms with van der Waals surface area (Å²) >= 11 is 0. The van der Waals surface area contributed by atoms with E-state index >= 15 is 0 Å². The Balaban J connectivity index is 0.00000300. The van der Waals surface area contributed by atoms with Crippen molar-refractivity contribution in [2.24, 2.45) is 4.99 Å². The molecule has 164 valence electrons. The van der Waals surface area contributed by atoms with Crippen LogP contribution in [0.3, 0.4) is 0 Å². The molecule has 2 aliphatic heterocycles. The van der Waals surface area contributed by atoms with Gasteiger partial charge in [0.05, 0.1) is 5.56 Å². The topological polar surface area (TPSA) is 48.9 Å². The summed E-state index contributed by atoms with van der Waals surface area (Å²) in [6.07, 6.45) is 0.0760. The summed E-state index contributed by atoms with van der Waals surface area (Å²) in [5.41, 5.74) is -0.00853. The van der Waals surface area contributed by atoms with Crippen LogP contribution in [0.5, 0.6) is 0 Å². The fourth-order valence-corrected chi connectivity index (χ4v) is 4.06. The molecular formula is C20H30F3IN4O. The Morgan fingerprint density at radius 2 is 1.86 bits per heavy atom. The smallest absolute Gasteiger partial charge is 0.381 e. The number of aliphatic imine (C=N–C) groups is 1. The molecule has 2 fully saturated rings. The van der Waals surface area contributed by atoms with Crippen molar-refractivity contribution < 1.29 is 17.9 Å². The van der Waals surface area contributed by atoms with Gasteiger partial charge in [0.25, 0.3) is 0 Å². The van der Waals surface area contributed by atoms with E-state index in [1.54, 1.807) is 13.1 Å². The average Bonchev–Trinajstić information content (AvgIpc) is 3.24. The van der Waals surface area contributed by atoms with E-state index in [-0.39, 0.29) is 36.1 Å². The highest BCUT2D eigenvalue weighted by Gasteiger charge is 2.39. The molecule has 0 bridgehead atoms. The fourth-order valence-electron chi connectivity index (χ4n) is 4.06. The second-order valence-corrected chi connectivity index (χ2v) is 7.51. The first-order valence-electron chi connectivity index (χ1n) is 9.86. The molecule has 29 heavy (non-hydrogen) atoms. The molecule has 0 amide bonds. The van der Waals surface area contributed by atoms with Gasteiger partial charge in [-0.05, 0) is 56.5 Å². The molecular weight excluding hydrogens is 496 g/mol. The van der Waals surface area contributed by atoms with Crippen molar-refractivity contribution >= 4 is 29.9 Å². The Morgan fingerprint density at radius 3 is 2.48 bits per heavy atom. The number of guanidine groups is 1. The number of ether oxygens (including phenoxy) is 1. The molecule has 0 saturated carbocycles. The van der Waals surface area contributed by atoms with E-state index in [9.17, 15) is 13.2 Å². The highest BCUT2D eigenvalue weighted by atomic mass is 127. The van der Waals surface area contributed by atoms with Crippen LogP contribution in [-0.2, 0) is 17.5 Å². The van der Waals surface area contributed by atoms with Crippen LogP contribution in [-0.4, -0.2) is 56.3 Å². The zero-order valence-corrected chi connectivity index (χ0v) is 19.1. The molecule has 0 unspecified atom stereocenters. The standard InChI is InChI=1S/C20H29F3N4O.HI/c1-24-18(25-14-16-5-4-6-17(13-16)20(21,22)23)26-15-19(7-11-28-12-8-19)27-9-2-3-10-27;/h4-6,13H,2-3,7-12,14-15H2,1H3,(H2,24,25,26);1H. The average molecular weight is 526 g/mol. The largest absolute Gasteiger partial charge is 0.416 e. The van der Waals surface area contributed by atoms with Gasteiger partial charge in [0.1, 0.15) is 0 Å². The molecule has 2 N–H and O–H groups in total. The highest BCUT2D eigenvalue weighted by Crippen LogP contribution is 2.31. The Kier molecular flexibility index (Phi) is 9.02. The maximum absolute atomic E-state index is 12.9. The van der Waals surface area contributed by atoms with Gasteiger partial charge in [-0.2, -0.15) is 13.2 Å². The molecule has 2 heterocycles. The lowest BCUT2D eigenvalue weighted by Gasteiger charge is -2.45. The maximum Gasteiger partial charge on any atom is 0.416 e. The molecule has 2 saturated heterocycles. The van der Waals surface area contributed by atoms with Crippen LogP contribution in [0, 0.1) is 0 Å². The summed E-state index contributed by atoms with van der Waals surface area (Å²) < 4.78 is 44.2. The van der Waals surface area contributed by atoms with Crippen molar-refractivity contribution in [2.45, 2.75) is 43.9 Å². The van der Waals surface area contributed by atoms with E-state index in [0.29, 0.717) is 11.5 Å². The molecule has 0 atom stereocenters. The molecule has 0 aliphatic carbocycles. The summed E-state index contributed by atoms with van der Waals surface area (Å²) in [4.78, 5) is 6.80. The minimum absolute atomic E-state index is 0. The van der Waals surface area contributed by atoms with Gasteiger partial charge in [0.15, 0.2) is 5.96 Å². The lowest BCUT2D eigenvalue weighted by Crippen LogP contribution is -2.58. The summed E-state index contributed by atoms with van der Waals surface area (Å²) in [7, 11) is 1.67. The quantitative estimate of drug-likeness (QED) is 0.350. The minimum atomic E-state index is -4.33. The molecule has 0 radical (unpaired) electrons. The van der Waals surface area contributed by atoms with Crippen molar-refractivity contribution in [3.63, 3.8) is 0 Å². The number of hydrogen-bond donors (Lipinski definition) is 2. The number of alkyl halides is 3. The number of likely N-dealkylation sites (tertiary alicyclic amines) is 1. The number of nitrogens with zero attached hydrogens (tertiary/aromatic N) is 2. The van der Waals surface area contributed by atoms with Crippen molar-refractivity contribution in [2.75, 3.05) is 39.9 Å². The van der Waals surface area contributed by atoms with Gasteiger partial charge in [-0.3, -0.25) is 9.89 Å². The minimum Gasteiger partial charge on any atom is -0.381 e. The maximum atomic E-state index is 12.9. The van der Waals surface area contributed by atoms with E-state index in [1.807, 2.05) is 0 Å². The predicted molar refractivity (Wildman–Crippen MR) is 119 cm³/mol. The molecule has 0 spiro atoms. The van der Waals surface area contributed by atoms with Gasteiger partial charge in [-0.1, -0.05) is 12.1 Å². The van der Waals surface area contributed by atoms with Crippen LogP contribution in [0.1, 0.15) is 36.8 Å². The highest BCUT2D eigenvalue weighted by molar-refractivity contribution is 14.0. The molecule has 9 heteroatoms. The van der Waals surface area contributed by atoms with E-state index in [1.165, 1.54) is 25.0 Å². The number of hydrogen-bond acceptors (Lipinski definition) is 3. The van der Waals surface area contributed by atoms with E-state index in [2.05, 4.69) is 20.5 Å². The first-order chi connectivity index (χ1) is 13.4. The van der Waals surface area contributed by atoms with Crippen LogP contribution in [0.25, 0.3) is 0 Å². The normalized spacial score (nSPS) is 20.2. The SMILES string of the molecule is CN=C(NCc1cccc(C(F)(F)F)c1)NCC1(N2CCCC2)CCOCC1.I. The van der Waals surface area contributed by atoms with E-state index in [0.717, 1.165) is 51.8 Å². The first kappa shape index (κ1) is 24.2. The molecule has 0 aromatic heterocycles. The molecule has 5 nitrogen and oxygen atoms in total. The zero-order valence-electron chi connectivity index (χ0n) is 16.7. The summed E-state index contributed by atoms with van der Waals surface area (Å²) in [6, 6.07) is 5.37. The first-order valence-corrected chi connectivity index (χ1v) is 9.86. The van der Waals surface area contributed by atoms with Crippen LogP contribution in [0.15, 0.2) is 29.3 Å². The molecule has 2 aliphatic rings. The van der Waals surface area contributed by atoms with Crippen LogP contribution in [0.2, 0.25) is 0 Å². The third-order valence-corrected chi connectivity index (χ3v) is 5.72. The van der Waals surface area contributed by atoms with Gasteiger partial charge in [0, 0.05) is 38.9 Å². The lowest BCUT2D eigenvalue weighted by atomic mass is 9.88. The number of halogens is 4. The fraction of sp³-hybridized carbons (Fsp3) is 0.650. The van der Waals surface area contributed by atoms with Gasteiger partial charge in [-0.25, -0.2) is 0 Å².